The first kappa shape index (κ1) is 13.0. The lowest BCUT2D eigenvalue weighted by molar-refractivity contribution is -0.127. The Bertz CT molecular complexity index is 463. The van der Waals surface area contributed by atoms with Gasteiger partial charge in [0.25, 0.3) is 0 Å². The molecule has 0 N–H and O–H groups in total. The molecule has 1 aromatic rings. The van der Waals surface area contributed by atoms with E-state index < -0.39 is 22.4 Å². The van der Waals surface area contributed by atoms with E-state index in [2.05, 4.69) is 0 Å². The van der Waals surface area contributed by atoms with Crippen LogP contribution in [0.25, 0.3) is 0 Å². The number of rotatable bonds is 3. The number of alkyl halides is 3. The third-order valence-electron chi connectivity index (χ3n) is 1.82. The number of sulfone groups is 1. The molecule has 0 fully saturated rings. The number of hydrogen-bond acceptors (Lipinski definition) is 2. The van der Waals surface area contributed by atoms with Crippen molar-refractivity contribution in [3.8, 4) is 0 Å². The van der Waals surface area contributed by atoms with Crippen molar-refractivity contribution in [2.75, 3.05) is 6.26 Å². The molecule has 0 heterocycles. The van der Waals surface area contributed by atoms with Gasteiger partial charge < -0.3 is 0 Å². The Morgan fingerprint density at radius 3 is 2.25 bits per heavy atom. The summed E-state index contributed by atoms with van der Waals surface area (Å²) in [5, 5.41) is 0. The second-order valence-electron chi connectivity index (χ2n) is 3.68. The van der Waals surface area contributed by atoms with E-state index in [1.54, 1.807) is 0 Å². The van der Waals surface area contributed by atoms with Crippen molar-refractivity contribution in [1.29, 1.82) is 0 Å². The van der Waals surface area contributed by atoms with Crippen molar-refractivity contribution in [3.63, 3.8) is 0 Å². The van der Waals surface area contributed by atoms with Gasteiger partial charge in [-0.3, -0.25) is 0 Å². The molecule has 6 heteroatoms. The third-order valence-corrected chi connectivity index (χ3v) is 2.68. The standard InChI is InChI=1S/C10H11F3O2S/c1-16(14,15)7-9-4-2-3-8(5-9)6-10(11,12)13/h2-5H,6-7H2,1H3. The molecule has 2 nitrogen and oxygen atoms in total. The Hall–Kier alpha value is -1.04. The van der Waals surface area contributed by atoms with Crippen molar-refractivity contribution in [2.24, 2.45) is 0 Å². The Labute approximate surface area is 92.0 Å². The van der Waals surface area contributed by atoms with Crippen LogP contribution >= 0.6 is 0 Å². The van der Waals surface area contributed by atoms with Crippen LogP contribution in [0, 0.1) is 0 Å². The summed E-state index contributed by atoms with van der Waals surface area (Å²) in [6, 6.07) is 5.54. The van der Waals surface area contributed by atoms with Crippen molar-refractivity contribution in [3.05, 3.63) is 35.4 Å². The van der Waals surface area contributed by atoms with Gasteiger partial charge in [-0.15, -0.1) is 0 Å². The summed E-state index contributed by atoms with van der Waals surface area (Å²) >= 11 is 0. The molecule has 0 saturated carbocycles. The fraction of sp³-hybridized carbons (Fsp3) is 0.400. The molecule has 1 aromatic carbocycles. The smallest absolute Gasteiger partial charge is 0.229 e. The first-order valence-electron chi connectivity index (χ1n) is 4.48. The zero-order chi connectivity index (χ0) is 12.4. The SMILES string of the molecule is CS(=O)(=O)Cc1cccc(CC(F)(F)F)c1. The minimum Gasteiger partial charge on any atom is -0.229 e. The quantitative estimate of drug-likeness (QED) is 0.827. The Kier molecular flexibility index (Phi) is 3.62. The lowest BCUT2D eigenvalue weighted by Crippen LogP contribution is -2.11. The summed E-state index contributed by atoms with van der Waals surface area (Å²) in [5.74, 6) is -0.237. The lowest BCUT2D eigenvalue weighted by Gasteiger charge is -2.07. The van der Waals surface area contributed by atoms with Gasteiger partial charge in [0, 0.05) is 6.26 Å². The zero-order valence-corrected chi connectivity index (χ0v) is 9.40. The van der Waals surface area contributed by atoms with Gasteiger partial charge >= 0.3 is 6.18 Å². The number of halogens is 3. The summed E-state index contributed by atoms with van der Waals surface area (Å²) in [4.78, 5) is 0. The molecule has 0 spiro atoms. The van der Waals surface area contributed by atoms with Crippen LogP contribution in [0.3, 0.4) is 0 Å². The molecule has 0 amide bonds. The van der Waals surface area contributed by atoms with Crippen LogP contribution in [-0.4, -0.2) is 20.8 Å². The van der Waals surface area contributed by atoms with Crippen LogP contribution in [0.4, 0.5) is 13.2 Å². The molecule has 0 aliphatic carbocycles. The van der Waals surface area contributed by atoms with Crippen LogP contribution < -0.4 is 0 Å². The minimum atomic E-state index is -4.27. The van der Waals surface area contributed by atoms with E-state index in [0.717, 1.165) is 6.26 Å². The van der Waals surface area contributed by atoms with E-state index in [9.17, 15) is 21.6 Å². The van der Waals surface area contributed by atoms with Crippen LogP contribution in [0.2, 0.25) is 0 Å². The predicted octanol–water partition coefficient (Wildman–Crippen LogP) is 2.34. The van der Waals surface area contributed by atoms with Crippen LogP contribution in [0.15, 0.2) is 24.3 Å². The molecule has 1 rings (SSSR count). The normalized spacial score (nSPS) is 12.8. The number of benzene rings is 1. The fourth-order valence-electron chi connectivity index (χ4n) is 1.36. The highest BCUT2D eigenvalue weighted by Gasteiger charge is 2.27. The average molecular weight is 252 g/mol. The maximum Gasteiger partial charge on any atom is 0.393 e. The Morgan fingerprint density at radius 1 is 1.19 bits per heavy atom. The van der Waals surface area contributed by atoms with Crippen molar-refractivity contribution >= 4 is 9.84 Å². The van der Waals surface area contributed by atoms with Gasteiger partial charge in [0.2, 0.25) is 0 Å². The largest absolute Gasteiger partial charge is 0.393 e. The van der Waals surface area contributed by atoms with Gasteiger partial charge in [-0.25, -0.2) is 8.42 Å². The fourth-order valence-corrected chi connectivity index (χ4v) is 2.15. The molecule has 0 aliphatic rings. The maximum absolute atomic E-state index is 12.1. The zero-order valence-electron chi connectivity index (χ0n) is 8.58. The number of hydrogen-bond donors (Lipinski definition) is 0. The molecule has 0 radical (unpaired) electrons. The summed E-state index contributed by atoms with van der Waals surface area (Å²) in [6.07, 6.45) is -4.27. The molecule has 0 saturated heterocycles. The Balaban J connectivity index is 2.88. The Morgan fingerprint density at radius 2 is 1.75 bits per heavy atom. The lowest BCUT2D eigenvalue weighted by atomic mass is 10.1. The minimum absolute atomic E-state index is 0.0775. The monoisotopic (exact) mass is 252 g/mol. The second-order valence-corrected chi connectivity index (χ2v) is 5.82. The molecule has 0 aromatic heterocycles. The predicted molar refractivity (Wildman–Crippen MR) is 54.7 cm³/mol. The van der Waals surface area contributed by atoms with Crippen LogP contribution in [0.5, 0.6) is 0 Å². The molecule has 0 unspecified atom stereocenters. The van der Waals surface area contributed by atoms with Gasteiger partial charge in [0.1, 0.15) is 0 Å². The van der Waals surface area contributed by atoms with Crippen molar-refractivity contribution < 1.29 is 21.6 Å². The van der Waals surface area contributed by atoms with E-state index in [-0.39, 0.29) is 11.3 Å². The molecule has 16 heavy (non-hydrogen) atoms. The topological polar surface area (TPSA) is 34.1 Å². The first-order chi connectivity index (χ1) is 7.16. The molecule has 90 valence electrons. The summed E-state index contributed by atoms with van der Waals surface area (Å²) in [5.41, 5.74) is 0.456. The van der Waals surface area contributed by atoms with Crippen LogP contribution in [-0.2, 0) is 22.0 Å². The van der Waals surface area contributed by atoms with Gasteiger partial charge in [-0.1, -0.05) is 24.3 Å². The highest BCUT2D eigenvalue weighted by atomic mass is 32.2. The second kappa shape index (κ2) is 4.45. The maximum atomic E-state index is 12.1. The molecular formula is C10H11F3O2S. The van der Waals surface area contributed by atoms with Gasteiger partial charge in [-0.2, -0.15) is 13.2 Å². The average Bonchev–Trinajstić information content (AvgIpc) is 1.96. The first-order valence-corrected chi connectivity index (χ1v) is 6.54. The summed E-state index contributed by atoms with van der Waals surface area (Å²) in [7, 11) is -3.22. The van der Waals surface area contributed by atoms with Gasteiger partial charge in [0.15, 0.2) is 9.84 Å². The van der Waals surface area contributed by atoms with E-state index in [1.807, 2.05) is 0 Å². The highest BCUT2D eigenvalue weighted by Crippen LogP contribution is 2.22. The van der Waals surface area contributed by atoms with E-state index in [4.69, 9.17) is 0 Å². The van der Waals surface area contributed by atoms with Crippen LogP contribution in [0.1, 0.15) is 11.1 Å². The third kappa shape index (κ3) is 5.16. The van der Waals surface area contributed by atoms with Gasteiger partial charge in [-0.05, 0) is 11.1 Å². The molecular weight excluding hydrogens is 241 g/mol. The van der Waals surface area contributed by atoms with Gasteiger partial charge in [0.05, 0.1) is 12.2 Å². The van der Waals surface area contributed by atoms with E-state index in [0.29, 0.717) is 5.56 Å². The van der Waals surface area contributed by atoms with E-state index >= 15 is 0 Å². The molecule has 0 bridgehead atoms. The summed E-state index contributed by atoms with van der Waals surface area (Å²) < 4.78 is 58.2. The molecule has 0 atom stereocenters. The summed E-state index contributed by atoms with van der Waals surface area (Å²) in [6.45, 7) is 0. The van der Waals surface area contributed by atoms with Crippen molar-refractivity contribution in [1.82, 2.24) is 0 Å². The molecule has 0 aliphatic heterocycles. The van der Waals surface area contributed by atoms with Crippen molar-refractivity contribution in [2.45, 2.75) is 18.3 Å². The van der Waals surface area contributed by atoms with E-state index in [1.165, 1.54) is 24.3 Å². The highest BCUT2D eigenvalue weighted by molar-refractivity contribution is 7.89.